The van der Waals surface area contributed by atoms with Gasteiger partial charge in [0.05, 0.1) is 74.3 Å². The van der Waals surface area contributed by atoms with Crippen molar-refractivity contribution in [3.05, 3.63) is 113 Å². The van der Waals surface area contributed by atoms with Crippen molar-refractivity contribution in [1.82, 2.24) is 20.4 Å². The van der Waals surface area contributed by atoms with Gasteiger partial charge in [0, 0.05) is 106 Å². The fourth-order valence-corrected chi connectivity index (χ4v) is 9.86. The van der Waals surface area contributed by atoms with Crippen molar-refractivity contribution in [1.29, 1.82) is 0 Å². The molecule has 3 atom stereocenters. The zero-order valence-electron chi connectivity index (χ0n) is 44.5. The molecule has 0 unspecified atom stereocenters. The number of ether oxygens (including phenoxy) is 4. The van der Waals surface area contributed by atoms with Gasteiger partial charge in [-0.1, -0.05) is 57.0 Å². The summed E-state index contributed by atoms with van der Waals surface area (Å²) in [6, 6.07) is 18.2. The van der Waals surface area contributed by atoms with E-state index in [1.807, 2.05) is 55.7 Å². The molecule has 0 radical (unpaired) electrons. The number of hydrogen-bond acceptors (Lipinski definition) is 16. The van der Waals surface area contributed by atoms with E-state index in [0.717, 1.165) is 87.7 Å². The maximum absolute atomic E-state index is 13.1. The van der Waals surface area contributed by atoms with E-state index >= 15 is 0 Å². The summed E-state index contributed by atoms with van der Waals surface area (Å²) in [4.78, 5) is 44.2. The van der Waals surface area contributed by atoms with Gasteiger partial charge in [0.1, 0.15) is 28.9 Å². The van der Waals surface area contributed by atoms with E-state index < -0.39 is 0 Å². The Morgan fingerprint density at radius 3 is 1.41 bits per heavy atom. The van der Waals surface area contributed by atoms with Gasteiger partial charge in [0.2, 0.25) is 0 Å². The van der Waals surface area contributed by atoms with Crippen molar-refractivity contribution in [2.24, 2.45) is 0 Å². The van der Waals surface area contributed by atoms with Crippen molar-refractivity contribution in [2.75, 3.05) is 83.8 Å². The second kappa shape index (κ2) is 24.8. The molecule has 0 bridgehead atoms. The molecule has 4 aliphatic rings. The first-order valence-corrected chi connectivity index (χ1v) is 25.6. The fourth-order valence-electron chi connectivity index (χ4n) is 9.86. The number of Topliss-reactive ketones (excluding diaryl/α,β-unsaturated/α-hetero) is 3. The zero-order chi connectivity index (χ0) is 53.2. The number of aromatic nitrogens is 3. The second-order valence-corrected chi connectivity index (χ2v) is 21.8. The molecule has 74 heavy (non-hydrogen) atoms. The monoisotopic (exact) mass is 1030 g/mol. The number of hydrogen-bond donors (Lipinski definition) is 0. The van der Waals surface area contributed by atoms with Gasteiger partial charge >= 0.3 is 0 Å². The Labute approximate surface area is 433 Å². The summed E-state index contributed by atoms with van der Waals surface area (Å²) >= 11 is 0. The molecular weight excluding hydrogens is 955 g/mol. The van der Waals surface area contributed by atoms with Gasteiger partial charge in [0.25, 0.3) is 0 Å². The molecule has 0 aliphatic carbocycles. The number of anilines is 2. The Kier molecular flexibility index (Phi) is 18.8. The quantitative estimate of drug-likeness (QED) is 0.0687. The summed E-state index contributed by atoms with van der Waals surface area (Å²) < 4.78 is 63.3. The number of rotatable bonds is 21. The van der Waals surface area contributed by atoms with Crippen molar-refractivity contribution in [3.8, 4) is 0 Å². The predicted molar refractivity (Wildman–Crippen MR) is 274 cm³/mol. The van der Waals surface area contributed by atoms with Crippen LogP contribution in [0.15, 0.2) is 80.3 Å². The standard InChI is InChI=1S/2C19H23FN2O3.C18H28N2O4/c1-19(2,12-24-3)18-11-14(21-25-18)10-17(23)16-8-9-22(16)15-6-4-13(20)5-7-15;1-19(2,12-24-3)18-11-15(25-21-18)10-17(23)16-8-9-22(16)14-6-4-13(20)5-7-14;1-18(2,12-22-3)17-11-14(24-19-17)10-16(21)15-4-7-20(15)13-5-8-23-9-6-13/h2*4-7,11,16H,8-10,12H2,1-3H3;11,13,15H,4-10,12H2,1-3H3/t2*16-;15-/m000/s1. The van der Waals surface area contributed by atoms with E-state index in [4.69, 9.17) is 32.5 Å². The number of nitrogens with zero attached hydrogens (tertiary/aromatic N) is 6. The molecule has 16 nitrogen and oxygen atoms in total. The maximum Gasteiger partial charge on any atom is 0.162 e. The summed E-state index contributed by atoms with van der Waals surface area (Å²) in [7, 11) is 4.96. The van der Waals surface area contributed by atoms with Crippen LogP contribution in [0.4, 0.5) is 20.2 Å². The van der Waals surface area contributed by atoms with Crippen LogP contribution in [0.25, 0.3) is 0 Å². The van der Waals surface area contributed by atoms with Crippen LogP contribution in [0.2, 0.25) is 0 Å². The lowest BCUT2D eigenvalue weighted by Gasteiger charge is -2.46. The molecular formula is C56H74F2N6O10. The van der Waals surface area contributed by atoms with Crippen molar-refractivity contribution in [2.45, 2.75) is 133 Å². The molecule has 2 aromatic carbocycles. The molecule has 0 saturated carbocycles. The first-order valence-electron chi connectivity index (χ1n) is 25.6. The molecule has 18 heteroatoms. The minimum absolute atomic E-state index is 0.0358. The summed E-state index contributed by atoms with van der Waals surface area (Å²) in [5.41, 5.74) is 3.21. The van der Waals surface area contributed by atoms with E-state index in [-0.39, 0.29) is 76.2 Å². The third-order valence-corrected chi connectivity index (χ3v) is 14.5. The molecule has 4 fully saturated rings. The van der Waals surface area contributed by atoms with E-state index in [9.17, 15) is 23.2 Å². The lowest BCUT2D eigenvalue weighted by Crippen LogP contribution is -2.58. The van der Waals surface area contributed by atoms with Gasteiger partial charge in [0.15, 0.2) is 17.3 Å². The normalized spacial score (nSPS) is 19.3. The lowest BCUT2D eigenvalue weighted by atomic mass is 9.89. The van der Waals surface area contributed by atoms with E-state index in [0.29, 0.717) is 55.3 Å². The maximum atomic E-state index is 13.1. The molecule has 9 rings (SSSR count). The Hall–Kier alpha value is -5.66. The van der Waals surface area contributed by atoms with Crippen LogP contribution in [0.3, 0.4) is 0 Å². The van der Waals surface area contributed by atoms with Crippen molar-refractivity contribution >= 4 is 28.7 Å². The van der Waals surface area contributed by atoms with E-state index in [1.165, 1.54) is 24.3 Å². The summed E-state index contributed by atoms with van der Waals surface area (Å²) in [6.45, 7) is 18.0. The molecule has 402 valence electrons. The molecule has 4 aliphatic heterocycles. The molecule has 4 saturated heterocycles. The van der Waals surface area contributed by atoms with Gasteiger partial charge in [-0.05, 0) is 80.6 Å². The van der Waals surface area contributed by atoms with Crippen molar-refractivity contribution in [3.63, 3.8) is 0 Å². The third kappa shape index (κ3) is 14.0. The van der Waals surface area contributed by atoms with Crippen LogP contribution >= 0.6 is 0 Å². The molecule has 5 aromatic rings. The summed E-state index contributed by atoms with van der Waals surface area (Å²) in [6.07, 6.45) is 5.37. The fraction of sp³-hybridized carbons (Fsp3) is 0.571. The summed E-state index contributed by atoms with van der Waals surface area (Å²) in [5.74, 6) is 1.79. The number of benzene rings is 2. The number of methoxy groups -OCH3 is 3. The molecule has 0 N–H and O–H groups in total. The SMILES string of the molecule is COCC(C)(C)c1cc(CC(=O)[C@@H]2CCN2C2CCOCC2)on1.COCC(C)(C)c1cc(CC(=O)[C@@H]2CCN2c2ccc(F)cc2)no1.COCC(C)(C)c1cc(CC(=O)[C@@H]2CCN2c2ccc(F)cc2)on1. The highest BCUT2D eigenvalue weighted by molar-refractivity contribution is 5.91. The predicted octanol–water partition coefficient (Wildman–Crippen LogP) is 8.22. The van der Waals surface area contributed by atoms with Crippen LogP contribution in [0.1, 0.15) is 108 Å². The number of ketones is 3. The minimum Gasteiger partial charge on any atom is -0.384 e. The van der Waals surface area contributed by atoms with Gasteiger partial charge in [-0.2, -0.15) is 0 Å². The zero-order valence-corrected chi connectivity index (χ0v) is 44.5. The average Bonchev–Trinajstić information content (AvgIpc) is 4.11. The van der Waals surface area contributed by atoms with Crippen LogP contribution in [0.5, 0.6) is 0 Å². The smallest absolute Gasteiger partial charge is 0.162 e. The van der Waals surface area contributed by atoms with Crippen LogP contribution < -0.4 is 9.80 Å². The topological polar surface area (TPSA) is 176 Å². The highest BCUT2D eigenvalue weighted by Crippen LogP contribution is 2.32. The van der Waals surface area contributed by atoms with Gasteiger partial charge < -0.3 is 42.3 Å². The molecule has 7 heterocycles. The Balaban J connectivity index is 0.000000162. The van der Waals surface area contributed by atoms with Gasteiger partial charge in [-0.15, -0.1) is 0 Å². The first-order chi connectivity index (χ1) is 35.3. The first kappa shape index (κ1) is 56.1. The number of carbonyl (C=O) groups excluding carboxylic acids is 3. The number of carbonyl (C=O) groups is 3. The molecule has 0 amide bonds. The molecule has 3 aromatic heterocycles. The Bertz CT molecular complexity index is 2480. The lowest BCUT2D eigenvalue weighted by molar-refractivity contribution is -0.132. The number of likely N-dealkylation sites (tertiary alicyclic amines) is 1. The van der Waals surface area contributed by atoms with E-state index in [2.05, 4.69) is 34.2 Å². The van der Waals surface area contributed by atoms with Gasteiger partial charge in [-0.25, -0.2) is 8.78 Å². The highest BCUT2D eigenvalue weighted by atomic mass is 19.1. The average molecular weight is 1030 g/mol. The van der Waals surface area contributed by atoms with Crippen LogP contribution in [0, 0.1) is 11.6 Å². The van der Waals surface area contributed by atoms with Crippen molar-refractivity contribution < 1.29 is 55.7 Å². The Morgan fingerprint density at radius 1 is 0.554 bits per heavy atom. The minimum atomic E-state index is -0.292. The van der Waals surface area contributed by atoms with Crippen LogP contribution in [-0.4, -0.2) is 136 Å². The second-order valence-electron chi connectivity index (χ2n) is 21.8. The molecule has 0 spiro atoms. The van der Waals surface area contributed by atoms with Gasteiger partial charge in [-0.3, -0.25) is 19.3 Å². The third-order valence-electron chi connectivity index (χ3n) is 14.5. The number of halogens is 2. The van der Waals surface area contributed by atoms with Crippen LogP contribution in [-0.2, 0) is 68.8 Å². The summed E-state index contributed by atoms with van der Waals surface area (Å²) in [5, 5.41) is 12.3. The van der Waals surface area contributed by atoms with E-state index in [1.54, 1.807) is 45.6 Å². The highest BCUT2D eigenvalue weighted by Gasteiger charge is 2.40. The largest absolute Gasteiger partial charge is 0.384 e. The Morgan fingerprint density at radius 2 is 0.986 bits per heavy atom.